The molecule has 9 atom stereocenters. The van der Waals surface area contributed by atoms with Crippen molar-refractivity contribution in [3.05, 3.63) is 23.8 Å². The molecule has 0 amide bonds. The number of hydrogen-bond acceptors (Lipinski definition) is 0. The SMILES string of the molecule is CC[C@H](C=C[C@@H](C)[C@H]1CC[C@H]2[C@@H]3CC=C4C[C@@H](Cl)CC[C@]4(C)[C@H]3CC[C@]12C)C(C)C. The fraction of sp³-hybridized carbons (Fsp3) is 0.862. The van der Waals surface area contributed by atoms with Crippen LogP contribution in [0.5, 0.6) is 0 Å². The molecule has 0 aromatic heterocycles. The highest BCUT2D eigenvalue weighted by molar-refractivity contribution is 6.20. The second kappa shape index (κ2) is 8.61. The fourth-order valence-electron chi connectivity index (χ4n) is 8.80. The van der Waals surface area contributed by atoms with Crippen molar-refractivity contribution >= 4 is 11.6 Å². The summed E-state index contributed by atoms with van der Waals surface area (Å²) in [6.07, 6.45) is 20.0. The van der Waals surface area contributed by atoms with Gasteiger partial charge in [-0.3, -0.25) is 0 Å². The van der Waals surface area contributed by atoms with Crippen LogP contribution in [0.1, 0.15) is 99.3 Å². The molecule has 0 N–H and O–H groups in total. The summed E-state index contributed by atoms with van der Waals surface area (Å²) in [5.41, 5.74) is 2.73. The molecule has 0 unspecified atom stereocenters. The van der Waals surface area contributed by atoms with E-state index >= 15 is 0 Å². The first-order valence-corrected chi connectivity index (χ1v) is 13.7. The molecule has 3 fully saturated rings. The molecule has 0 heterocycles. The lowest BCUT2D eigenvalue weighted by atomic mass is 9.47. The highest BCUT2D eigenvalue weighted by atomic mass is 35.5. The molecule has 0 aromatic rings. The summed E-state index contributed by atoms with van der Waals surface area (Å²) in [4.78, 5) is 0. The standard InChI is InChI=1S/C29H47Cl/c1-7-21(19(2)3)9-8-20(4)25-12-13-26-24-11-10-22-18-23(30)14-16-28(22,5)27(24)15-17-29(25,26)6/h8-10,19-21,23-27H,7,11-18H2,1-6H3/t20-,21-,23+,24+,25-,26+,27+,28+,29-/m1/s1. The third-order valence-corrected chi connectivity index (χ3v) is 11.1. The maximum absolute atomic E-state index is 6.57. The first kappa shape index (κ1) is 22.9. The predicted octanol–water partition coefficient (Wildman–Crippen LogP) is 9.05. The van der Waals surface area contributed by atoms with Gasteiger partial charge in [0.1, 0.15) is 0 Å². The van der Waals surface area contributed by atoms with Crippen molar-refractivity contribution in [3.8, 4) is 0 Å². The van der Waals surface area contributed by atoms with Crippen LogP contribution in [0.15, 0.2) is 23.8 Å². The third-order valence-electron chi connectivity index (χ3n) is 10.7. The van der Waals surface area contributed by atoms with E-state index in [0.29, 0.717) is 16.2 Å². The zero-order valence-electron chi connectivity index (χ0n) is 20.6. The number of halogens is 1. The van der Waals surface area contributed by atoms with Gasteiger partial charge < -0.3 is 0 Å². The highest BCUT2D eigenvalue weighted by Gasteiger charge is 2.58. The Labute approximate surface area is 192 Å². The van der Waals surface area contributed by atoms with Gasteiger partial charge in [-0.25, -0.2) is 0 Å². The Morgan fingerprint density at radius 3 is 2.50 bits per heavy atom. The van der Waals surface area contributed by atoms with Crippen LogP contribution in [-0.4, -0.2) is 5.38 Å². The van der Waals surface area contributed by atoms with E-state index in [0.717, 1.165) is 47.8 Å². The van der Waals surface area contributed by atoms with Crippen LogP contribution in [-0.2, 0) is 0 Å². The summed E-state index contributed by atoms with van der Waals surface area (Å²) >= 11 is 6.57. The van der Waals surface area contributed by atoms with E-state index in [-0.39, 0.29) is 0 Å². The van der Waals surface area contributed by atoms with Gasteiger partial charge in [0, 0.05) is 5.38 Å². The van der Waals surface area contributed by atoms with Gasteiger partial charge in [-0.05, 0) is 110 Å². The zero-order valence-corrected chi connectivity index (χ0v) is 21.3. The predicted molar refractivity (Wildman–Crippen MR) is 132 cm³/mol. The van der Waals surface area contributed by atoms with E-state index in [1.807, 2.05) is 0 Å². The minimum absolute atomic E-state index is 0.385. The van der Waals surface area contributed by atoms with Crippen LogP contribution >= 0.6 is 11.6 Å². The molecular weight excluding hydrogens is 384 g/mol. The Bertz CT molecular complexity index is 674. The minimum Gasteiger partial charge on any atom is -0.123 e. The number of fused-ring (bicyclic) bond motifs is 5. The van der Waals surface area contributed by atoms with E-state index in [2.05, 4.69) is 59.8 Å². The maximum Gasteiger partial charge on any atom is 0.0373 e. The molecule has 0 radical (unpaired) electrons. The Balaban J connectivity index is 1.52. The van der Waals surface area contributed by atoms with Gasteiger partial charge >= 0.3 is 0 Å². The average molecular weight is 431 g/mol. The molecule has 3 saturated carbocycles. The average Bonchev–Trinajstić information content (AvgIpc) is 3.06. The van der Waals surface area contributed by atoms with Gasteiger partial charge in [0.25, 0.3) is 0 Å². The second-order valence-corrected chi connectivity index (χ2v) is 13.0. The molecule has 4 aliphatic rings. The van der Waals surface area contributed by atoms with Crippen molar-refractivity contribution in [1.82, 2.24) is 0 Å². The van der Waals surface area contributed by atoms with Crippen molar-refractivity contribution in [2.24, 2.45) is 52.3 Å². The van der Waals surface area contributed by atoms with Crippen molar-refractivity contribution < 1.29 is 0 Å². The number of alkyl halides is 1. The van der Waals surface area contributed by atoms with Crippen molar-refractivity contribution in [2.45, 2.75) is 105 Å². The third kappa shape index (κ3) is 3.76. The monoisotopic (exact) mass is 430 g/mol. The van der Waals surface area contributed by atoms with Gasteiger partial charge in [-0.1, -0.05) is 65.3 Å². The van der Waals surface area contributed by atoms with Gasteiger partial charge in [-0.15, -0.1) is 11.6 Å². The smallest absolute Gasteiger partial charge is 0.0373 e. The molecule has 170 valence electrons. The molecule has 4 aliphatic carbocycles. The molecular formula is C29H47Cl. The quantitative estimate of drug-likeness (QED) is 0.301. The van der Waals surface area contributed by atoms with Gasteiger partial charge in [0.15, 0.2) is 0 Å². The first-order chi connectivity index (χ1) is 14.2. The van der Waals surface area contributed by atoms with Crippen LogP contribution in [0.25, 0.3) is 0 Å². The van der Waals surface area contributed by atoms with Gasteiger partial charge in [0.2, 0.25) is 0 Å². The van der Waals surface area contributed by atoms with Crippen LogP contribution in [0.3, 0.4) is 0 Å². The lowest BCUT2D eigenvalue weighted by molar-refractivity contribution is -0.0460. The zero-order chi connectivity index (χ0) is 21.7. The van der Waals surface area contributed by atoms with Crippen molar-refractivity contribution in [3.63, 3.8) is 0 Å². The van der Waals surface area contributed by atoms with Crippen LogP contribution < -0.4 is 0 Å². The van der Waals surface area contributed by atoms with Crippen LogP contribution in [0.2, 0.25) is 0 Å². The summed E-state index contributed by atoms with van der Waals surface area (Å²) in [5.74, 6) is 5.87. The van der Waals surface area contributed by atoms with Crippen molar-refractivity contribution in [2.75, 3.05) is 0 Å². The second-order valence-electron chi connectivity index (χ2n) is 12.4. The summed E-state index contributed by atoms with van der Waals surface area (Å²) < 4.78 is 0. The largest absolute Gasteiger partial charge is 0.123 e. The number of hydrogen-bond donors (Lipinski definition) is 0. The van der Waals surface area contributed by atoms with E-state index in [4.69, 9.17) is 11.6 Å². The van der Waals surface area contributed by atoms with Gasteiger partial charge in [-0.2, -0.15) is 0 Å². The fourth-order valence-corrected chi connectivity index (χ4v) is 9.08. The molecule has 30 heavy (non-hydrogen) atoms. The summed E-state index contributed by atoms with van der Waals surface area (Å²) in [7, 11) is 0. The Morgan fingerprint density at radius 2 is 1.80 bits per heavy atom. The molecule has 0 nitrogen and oxygen atoms in total. The lowest BCUT2D eigenvalue weighted by Crippen LogP contribution is -2.50. The lowest BCUT2D eigenvalue weighted by Gasteiger charge is -2.58. The van der Waals surface area contributed by atoms with Crippen molar-refractivity contribution in [1.29, 1.82) is 0 Å². The normalized spacial score (nSPS) is 45.6. The summed E-state index contributed by atoms with van der Waals surface area (Å²) in [6.45, 7) is 14.9. The number of rotatable bonds is 5. The summed E-state index contributed by atoms with van der Waals surface area (Å²) in [6, 6.07) is 0. The topological polar surface area (TPSA) is 0 Å². The van der Waals surface area contributed by atoms with Crippen LogP contribution in [0.4, 0.5) is 0 Å². The van der Waals surface area contributed by atoms with E-state index < -0.39 is 0 Å². The Hall–Kier alpha value is -0.230. The Kier molecular flexibility index (Phi) is 6.58. The Morgan fingerprint density at radius 1 is 1.03 bits per heavy atom. The minimum atomic E-state index is 0.385. The number of allylic oxidation sites excluding steroid dienone is 4. The van der Waals surface area contributed by atoms with E-state index in [1.54, 1.807) is 5.57 Å². The molecule has 1 heteroatoms. The maximum atomic E-state index is 6.57. The van der Waals surface area contributed by atoms with Gasteiger partial charge in [0.05, 0.1) is 0 Å². The van der Waals surface area contributed by atoms with Crippen LogP contribution in [0, 0.1) is 52.3 Å². The molecule has 0 aromatic carbocycles. The highest BCUT2D eigenvalue weighted by Crippen LogP contribution is 2.67. The van der Waals surface area contributed by atoms with E-state index in [1.165, 1.54) is 51.4 Å². The summed E-state index contributed by atoms with van der Waals surface area (Å²) in [5, 5.41) is 0.385. The first-order valence-electron chi connectivity index (χ1n) is 13.2. The van der Waals surface area contributed by atoms with E-state index in [9.17, 15) is 0 Å². The molecule has 0 saturated heterocycles. The molecule has 0 bridgehead atoms. The molecule has 4 rings (SSSR count). The molecule has 0 aliphatic heterocycles. The molecule has 0 spiro atoms.